The molecule has 3 aromatic rings. The molecular formula is C15H11N3O3S. The molecule has 0 fully saturated rings. The lowest BCUT2D eigenvalue weighted by Gasteiger charge is -2.02. The normalized spacial score (nSPS) is 10.4. The maximum atomic E-state index is 12.2. The first-order chi connectivity index (χ1) is 10.7. The lowest BCUT2D eigenvalue weighted by atomic mass is 10.2. The third-order valence-corrected chi connectivity index (χ3v) is 3.84. The monoisotopic (exact) mass is 313 g/mol. The molecule has 0 unspecified atom stereocenters. The number of benzene rings is 1. The van der Waals surface area contributed by atoms with Gasteiger partial charge in [0.15, 0.2) is 5.13 Å². The molecule has 0 aliphatic rings. The van der Waals surface area contributed by atoms with Crippen molar-refractivity contribution >= 4 is 39.2 Å². The quantitative estimate of drug-likeness (QED) is 0.752. The van der Waals surface area contributed by atoms with Crippen LogP contribution in [-0.4, -0.2) is 29.0 Å². The van der Waals surface area contributed by atoms with Gasteiger partial charge in [0.2, 0.25) is 0 Å². The number of esters is 1. The summed E-state index contributed by atoms with van der Waals surface area (Å²) in [5, 5.41) is 3.90. The van der Waals surface area contributed by atoms with Crippen LogP contribution in [0, 0.1) is 0 Å². The van der Waals surface area contributed by atoms with E-state index in [0.717, 1.165) is 22.2 Å². The van der Waals surface area contributed by atoms with E-state index in [1.807, 2.05) is 30.3 Å². The summed E-state index contributed by atoms with van der Waals surface area (Å²) in [4.78, 5) is 32.1. The first kappa shape index (κ1) is 14.2. The molecule has 0 atom stereocenters. The largest absolute Gasteiger partial charge is 0.465 e. The number of hydrogen-bond acceptors (Lipinski definition) is 6. The third-order valence-electron chi connectivity index (χ3n) is 2.94. The topological polar surface area (TPSA) is 81.2 Å². The third kappa shape index (κ3) is 2.79. The highest BCUT2D eigenvalue weighted by Crippen LogP contribution is 2.20. The van der Waals surface area contributed by atoms with Crippen molar-refractivity contribution < 1.29 is 14.3 Å². The van der Waals surface area contributed by atoms with Crippen LogP contribution in [-0.2, 0) is 4.74 Å². The number of carbonyl (C=O) groups is 2. The van der Waals surface area contributed by atoms with Crippen LogP contribution >= 0.6 is 11.3 Å². The molecule has 1 amide bonds. The van der Waals surface area contributed by atoms with Crippen LogP contribution in [0.15, 0.2) is 42.6 Å². The van der Waals surface area contributed by atoms with Gasteiger partial charge in [0.25, 0.3) is 5.91 Å². The van der Waals surface area contributed by atoms with Crippen molar-refractivity contribution in [3.05, 3.63) is 53.2 Å². The smallest absolute Gasteiger partial charge is 0.349 e. The molecule has 1 aromatic carbocycles. The summed E-state index contributed by atoms with van der Waals surface area (Å²) in [6.45, 7) is 0. The minimum absolute atomic E-state index is 0.286. The zero-order chi connectivity index (χ0) is 15.5. The Morgan fingerprint density at radius 1 is 1.18 bits per heavy atom. The predicted molar refractivity (Wildman–Crippen MR) is 83.1 cm³/mol. The van der Waals surface area contributed by atoms with Gasteiger partial charge in [-0.1, -0.05) is 35.6 Å². The molecule has 22 heavy (non-hydrogen) atoms. The summed E-state index contributed by atoms with van der Waals surface area (Å²) in [5.74, 6) is -0.863. The number of aromatic nitrogens is 2. The molecular weight excluding hydrogens is 302 g/mol. The van der Waals surface area contributed by atoms with Crippen LogP contribution in [0.25, 0.3) is 10.9 Å². The zero-order valence-corrected chi connectivity index (χ0v) is 12.4. The number of fused-ring (bicyclic) bond motifs is 1. The second-order valence-electron chi connectivity index (χ2n) is 4.36. The number of thiazole rings is 1. The number of ether oxygens (including phenoxy) is 1. The molecule has 2 heterocycles. The van der Waals surface area contributed by atoms with Gasteiger partial charge in [0.05, 0.1) is 18.8 Å². The molecule has 0 saturated carbocycles. The zero-order valence-electron chi connectivity index (χ0n) is 11.6. The van der Waals surface area contributed by atoms with Gasteiger partial charge < -0.3 is 4.74 Å². The van der Waals surface area contributed by atoms with Crippen LogP contribution in [0.3, 0.4) is 0 Å². The summed E-state index contributed by atoms with van der Waals surface area (Å²) >= 11 is 1.05. The van der Waals surface area contributed by atoms with Gasteiger partial charge >= 0.3 is 5.97 Å². The van der Waals surface area contributed by atoms with E-state index in [9.17, 15) is 9.59 Å². The molecule has 2 aromatic heterocycles. The van der Waals surface area contributed by atoms with Gasteiger partial charge in [-0.15, -0.1) is 0 Å². The molecule has 0 bridgehead atoms. The van der Waals surface area contributed by atoms with E-state index in [4.69, 9.17) is 0 Å². The first-order valence-corrected chi connectivity index (χ1v) is 7.20. The van der Waals surface area contributed by atoms with Crippen LogP contribution < -0.4 is 5.32 Å². The molecule has 0 saturated heterocycles. The van der Waals surface area contributed by atoms with E-state index in [0.29, 0.717) is 10.0 Å². The number of nitrogens with one attached hydrogen (secondary N) is 1. The Kier molecular flexibility index (Phi) is 3.80. The standard InChI is InChI=1S/C15H11N3O3S/c1-21-14(20)12-8-16-15(22-12)18-13(19)11-7-6-9-4-2-3-5-10(9)17-11/h2-8H,1H3,(H,16,18,19). The van der Waals surface area contributed by atoms with Gasteiger partial charge in [-0.3, -0.25) is 10.1 Å². The number of methoxy groups -OCH3 is 1. The Balaban J connectivity index is 1.80. The molecule has 0 radical (unpaired) electrons. The van der Waals surface area contributed by atoms with Gasteiger partial charge in [-0.25, -0.2) is 14.8 Å². The van der Waals surface area contributed by atoms with Crippen molar-refractivity contribution in [1.29, 1.82) is 0 Å². The van der Waals surface area contributed by atoms with E-state index >= 15 is 0 Å². The average Bonchev–Trinajstić information content (AvgIpc) is 3.02. The predicted octanol–water partition coefficient (Wildman–Crippen LogP) is 2.73. The Morgan fingerprint density at radius 3 is 2.82 bits per heavy atom. The van der Waals surface area contributed by atoms with Gasteiger partial charge in [0.1, 0.15) is 10.6 Å². The van der Waals surface area contributed by atoms with E-state index in [1.54, 1.807) is 6.07 Å². The maximum absolute atomic E-state index is 12.2. The number of rotatable bonds is 3. The van der Waals surface area contributed by atoms with E-state index in [1.165, 1.54) is 13.3 Å². The highest BCUT2D eigenvalue weighted by molar-refractivity contribution is 7.17. The van der Waals surface area contributed by atoms with Crippen molar-refractivity contribution in [2.45, 2.75) is 0 Å². The molecule has 6 nitrogen and oxygen atoms in total. The van der Waals surface area contributed by atoms with Gasteiger partial charge in [0, 0.05) is 5.39 Å². The lowest BCUT2D eigenvalue weighted by molar-refractivity contribution is 0.0606. The van der Waals surface area contributed by atoms with Crippen molar-refractivity contribution in [3.63, 3.8) is 0 Å². The Morgan fingerprint density at radius 2 is 2.00 bits per heavy atom. The fraction of sp³-hybridized carbons (Fsp3) is 0.0667. The summed E-state index contributed by atoms with van der Waals surface area (Å²) in [5.41, 5.74) is 1.03. The van der Waals surface area contributed by atoms with E-state index in [-0.39, 0.29) is 11.6 Å². The van der Waals surface area contributed by atoms with Crippen LogP contribution in [0.1, 0.15) is 20.2 Å². The summed E-state index contributed by atoms with van der Waals surface area (Å²) < 4.78 is 4.59. The summed E-state index contributed by atoms with van der Waals surface area (Å²) in [7, 11) is 1.29. The number of nitrogens with zero attached hydrogens (tertiary/aromatic N) is 2. The Bertz CT molecular complexity index is 860. The minimum Gasteiger partial charge on any atom is -0.465 e. The first-order valence-electron chi connectivity index (χ1n) is 6.38. The molecule has 0 spiro atoms. The van der Waals surface area contributed by atoms with Crippen molar-refractivity contribution in [3.8, 4) is 0 Å². The van der Waals surface area contributed by atoms with Crippen molar-refractivity contribution in [2.75, 3.05) is 12.4 Å². The summed E-state index contributed by atoms with van der Waals surface area (Å²) in [6.07, 6.45) is 1.36. The number of pyridine rings is 1. The molecule has 3 rings (SSSR count). The fourth-order valence-electron chi connectivity index (χ4n) is 1.88. The molecule has 7 heteroatoms. The van der Waals surface area contributed by atoms with E-state index in [2.05, 4.69) is 20.0 Å². The Hall–Kier alpha value is -2.80. The molecule has 0 aliphatic heterocycles. The Labute approximate surface area is 129 Å². The molecule has 1 N–H and O–H groups in total. The second-order valence-corrected chi connectivity index (χ2v) is 5.40. The number of carbonyl (C=O) groups excluding carboxylic acids is 2. The lowest BCUT2D eigenvalue weighted by Crippen LogP contribution is -2.13. The van der Waals surface area contributed by atoms with Gasteiger partial charge in [-0.2, -0.15) is 0 Å². The van der Waals surface area contributed by atoms with E-state index < -0.39 is 5.97 Å². The maximum Gasteiger partial charge on any atom is 0.349 e. The van der Waals surface area contributed by atoms with Crippen molar-refractivity contribution in [2.24, 2.45) is 0 Å². The summed E-state index contributed by atoms with van der Waals surface area (Å²) in [6, 6.07) is 11.0. The van der Waals surface area contributed by atoms with Crippen LogP contribution in [0.5, 0.6) is 0 Å². The molecule has 110 valence electrons. The number of anilines is 1. The SMILES string of the molecule is COC(=O)c1cnc(NC(=O)c2ccc3ccccc3n2)s1. The van der Waals surface area contributed by atoms with Crippen LogP contribution in [0.4, 0.5) is 5.13 Å². The highest BCUT2D eigenvalue weighted by Gasteiger charge is 2.14. The van der Waals surface area contributed by atoms with Gasteiger partial charge in [-0.05, 0) is 12.1 Å². The number of amides is 1. The highest BCUT2D eigenvalue weighted by atomic mass is 32.1. The number of hydrogen-bond donors (Lipinski definition) is 1. The second kappa shape index (κ2) is 5.90. The number of para-hydroxylation sites is 1. The van der Waals surface area contributed by atoms with Crippen molar-refractivity contribution in [1.82, 2.24) is 9.97 Å². The molecule has 0 aliphatic carbocycles. The average molecular weight is 313 g/mol. The minimum atomic E-state index is -0.484. The fourth-order valence-corrected chi connectivity index (χ4v) is 2.61. The van der Waals surface area contributed by atoms with Crippen LogP contribution in [0.2, 0.25) is 0 Å².